The zero-order chi connectivity index (χ0) is 32.1. The number of benzene rings is 5. The number of halogens is 4. The molecular weight excluding hydrogens is 832 g/mol. The molecule has 0 saturated carbocycles. The maximum absolute atomic E-state index is 5.03. The van der Waals surface area contributed by atoms with Gasteiger partial charge >= 0.3 is 0 Å². The number of hydrogen-bond donors (Lipinski definition) is 0. The van der Waals surface area contributed by atoms with Crippen LogP contribution in [-0.2, 0) is 10.8 Å². The first kappa shape index (κ1) is 30.3. The van der Waals surface area contributed by atoms with E-state index in [1.165, 1.54) is 22.3 Å². The summed E-state index contributed by atoms with van der Waals surface area (Å²) in [6.45, 7) is 9.19. The van der Waals surface area contributed by atoms with Crippen LogP contribution >= 0.6 is 63.7 Å². The van der Waals surface area contributed by atoms with Crippen LogP contribution in [0.5, 0.6) is 0 Å². The second kappa shape index (κ2) is 10.7. The zero-order valence-electron chi connectivity index (χ0n) is 25.5. The highest BCUT2D eigenvalue weighted by atomic mass is 79.9. The lowest BCUT2D eigenvalue weighted by Crippen LogP contribution is -2.31. The van der Waals surface area contributed by atoms with E-state index in [0.717, 1.165) is 63.0 Å². The summed E-state index contributed by atoms with van der Waals surface area (Å²) in [6.07, 6.45) is 3.59. The summed E-state index contributed by atoms with van der Waals surface area (Å²) in [6, 6.07) is 30.7. The lowest BCUT2D eigenvalue weighted by molar-refractivity contribution is 0.630. The molecule has 1 aromatic heterocycles. The lowest BCUT2D eigenvalue weighted by Gasteiger charge is -2.43. The summed E-state index contributed by atoms with van der Waals surface area (Å²) in [7, 11) is 0. The van der Waals surface area contributed by atoms with Gasteiger partial charge in [-0.05, 0) is 107 Å². The van der Waals surface area contributed by atoms with Crippen LogP contribution in [0, 0.1) is 0 Å². The van der Waals surface area contributed by atoms with Crippen LogP contribution in [-0.4, -0.2) is 9.97 Å². The van der Waals surface area contributed by atoms with Crippen LogP contribution in [0.4, 0.5) is 34.1 Å². The molecule has 228 valence electrons. The molecule has 0 aliphatic carbocycles. The van der Waals surface area contributed by atoms with Crippen LogP contribution in [0.15, 0.2) is 115 Å². The Hall–Kier alpha value is -3.04. The van der Waals surface area contributed by atoms with Crippen molar-refractivity contribution in [3.63, 3.8) is 0 Å². The number of aromatic nitrogens is 2. The quantitative estimate of drug-likeness (QED) is 0.174. The molecule has 0 radical (unpaired) electrons. The minimum atomic E-state index is -0.216. The van der Waals surface area contributed by atoms with Gasteiger partial charge in [-0.25, -0.2) is 0 Å². The Morgan fingerprint density at radius 3 is 0.957 bits per heavy atom. The minimum absolute atomic E-state index is 0.216. The van der Waals surface area contributed by atoms with Crippen molar-refractivity contribution in [1.82, 2.24) is 9.97 Å². The summed E-state index contributed by atoms with van der Waals surface area (Å²) >= 11 is 15.0. The van der Waals surface area contributed by atoms with Gasteiger partial charge in [-0.1, -0.05) is 91.4 Å². The van der Waals surface area contributed by atoms with Crippen LogP contribution < -0.4 is 9.80 Å². The van der Waals surface area contributed by atoms with Crippen LogP contribution in [0.3, 0.4) is 0 Å². The molecule has 0 spiro atoms. The van der Waals surface area contributed by atoms with E-state index in [9.17, 15) is 0 Å². The molecule has 0 N–H and O–H groups in total. The first-order valence-electron chi connectivity index (χ1n) is 15.0. The predicted octanol–water partition coefficient (Wildman–Crippen LogP) is 12.9. The van der Waals surface area contributed by atoms with Gasteiger partial charge in [0, 0.05) is 41.1 Å². The monoisotopic (exact) mass is 856 g/mol. The molecule has 0 bridgehead atoms. The van der Waals surface area contributed by atoms with Gasteiger partial charge in [0.2, 0.25) is 0 Å². The Kier molecular flexibility index (Phi) is 7.08. The van der Waals surface area contributed by atoms with Gasteiger partial charge in [-0.15, -0.1) is 0 Å². The molecule has 2 aliphatic rings. The van der Waals surface area contributed by atoms with Crippen LogP contribution in [0.25, 0.3) is 11.0 Å². The molecule has 6 aromatic rings. The van der Waals surface area contributed by atoms with E-state index in [0.29, 0.717) is 0 Å². The molecule has 2 aliphatic heterocycles. The number of fused-ring (bicyclic) bond motifs is 5. The largest absolute Gasteiger partial charge is 0.308 e. The highest BCUT2D eigenvalue weighted by Crippen LogP contribution is 2.57. The number of hydrogen-bond acceptors (Lipinski definition) is 4. The average molecular weight is 860 g/mol. The second-order valence-corrected chi connectivity index (χ2v) is 16.6. The molecule has 0 atom stereocenters. The Bertz CT molecular complexity index is 1980. The van der Waals surface area contributed by atoms with Crippen molar-refractivity contribution in [3.8, 4) is 0 Å². The Morgan fingerprint density at radius 1 is 0.413 bits per heavy atom. The number of rotatable bonds is 2. The SMILES string of the molecule is CC1(C)c2cc(Br)ccc2N(c2ccc(N3c4ccc(Br)cc4C(C)(C)c4cc(Br)ccc43)c3nccnc23)c2ccc(Br)cc21. The third-order valence-electron chi connectivity index (χ3n) is 9.56. The van der Waals surface area contributed by atoms with Crippen LogP contribution in [0.1, 0.15) is 49.9 Å². The summed E-state index contributed by atoms with van der Waals surface area (Å²) in [4.78, 5) is 14.8. The molecule has 0 saturated heterocycles. The van der Waals surface area contributed by atoms with Crippen LogP contribution in [0.2, 0.25) is 0 Å². The first-order valence-corrected chi connectivity index (χ1v) is 18.2. The molecule has 8 rings (SSSR count). The molecule has 0 unspecified atom stereocenters. The van der Waals surface area contributed by atoms with Crippen molar-refractivity contribution >= 4 is 109 Å². The third-order valence-corrected chi connectivity index (χ3v) is 11.5. The molecular formula is C38H28Br4N4. The van der Waals surface area contributed by atoms with Gasteiger partial charge in [0.05, 0.1) is 34.1 Å². The molecule has 46 heavy (non-hydrogen) atoms. The van der Waals surface area contributed by atoms with Gasteiger partial charge in [0.15, 0.2) is 0 Å². The van der Waals surface area contributed by atoms with Gasteiger partial charge in [0.1, 0.15) is 11.0 Å². The Labute approximate surface area is 302 Å². The lowest BCUT2D eigenvalue weighted by atomic mass is 9.73. The zero-order valence-corrected chi connectivity index (χ0v) is 31.9. The summed E-state index contributed by atoms with van der Waals surface area (Å²) in [5.41, 5.74) is 12.7. The van der Waals surface area contributed by atoms with E-state index in [2.05, 4.69) is 186 Å². The maximum atomic E-state index is 5.03. The predicted molar refractivity (Wildman–Crippen MR) is 204 cm³/mol. The molecule has 3 heterocycles. The van der Waals surface area contributed by atoms with E-state index >= 15 is 0 Å². The van der Waals surface area contributed by atoms with Gasteiger partial charge in [0.25, 0.3) is 0 Å². The highest BCUT2D eigenvalue weighted by Gasteiger charge is 2.40. The molecule has 8 heteroatoms. The van der Waals surface area contributed by atoms with E-state index in [4.69, 9.17) is 9.97 Å². The summed E-state index contributed by atoms with van der Waals surface area (Å²) < 4.78 is 4.23. The summed E-state index contributed by atoms with van der Waals surface area (Å²) in [5, 5.41) is 0. The fraction of sp³-hybridized carbons (Fsp3) is 0.158. The standard InChI is InChI=1S/C38H28Br4N4/c1-37(2)25-17-21(39)5-9-29(25)45(30-10-6-22(40)18-26(30)37)33-13-14-34(36-35(33)43-15-16-44-36)46-31-11-7-23(41)19-27(31)38(3,4)28-20-24(42)8-12-32(28)46/h5-20H,1-4H3. The van der Waals surface area contributed by atoms with E-state index in [1.807, 2.05) is 0 Å². The van der Waals surface area contributed by atoms with Gasteiger partial charge < -0.3 is 9.80 Å². The van der Waals surface area contributed by atoms with Crippen molar-refractivity contribution in [2.75, 3.05) is 9.80 Å². The van der Waals surface area contributed by atoms with Crippen molar-refractivity contribution in [2.45, 2.75) is 38.5 Å². The van der Waals surface area contributed by atoms with Crippen molar-refractivity contribution in [3.05, 3.63) is 137 Å². The normalized spacial score (nSPS) is 15.7. The smallest absolute Gasteiger partial charge is 0.115 e. The fourth-order valence-electron chi connectivity index (χ4n) is 7.27. The molecule has 4 nitrogen and oxygen atoms in total. The average Bonchev–Trinajstić information content (AvgIpc) is 3.03. The van der Waals surface area contributed by atoms with Crippen molar-refractivity contribution < 1.29 is 0 Å². The molecule has 5 aromatic carbocycles. The third kappa shape index (κ3) is 4.47. The Morgan fingerprint density at radius 2 is 0.674 bits per heavy atom. The van der Waals surface area contributed by atoms with Gasteiger partial charge in [-0.3, -0.25) is 9.97 Å². The van der Waals surface area contributed by atoms with E-state index in [-0.39, 0.29) is 10.8 Å². The minimum Gasteiger partial charge on any atom is -0.308 e. The van der Waals surface area contributed by atoms with Crippen molar-refractivity contribution in [1.29, 1.82) is 0 Å². The number of anilines is 6. The molecule has 0 amide bonds. The van der Waals surface area contributed by atoms with E-state index in [1.54, 1.807) is 12.4 Å². The number of nitrogens with zero attached hydrogens (tertiary/aromatic N) is 4. The molecule has 0 fully saturated rings. The topological polar surface area (TPSA) is 32.3 Å². The maximum Gasteiger partial charge on any atom is 0.115 e. The van der Waals surface area contributed by atoms with E-state index < -0.39 is 0 Å². The Balaban J connectivity index is 1.41. The van der Waals surface area contributed by atoms with Gasteiger partial charge in [-0.2, -0.15) is 0 Å². The van der Waals surface area contributed by atoms with Crippen molar-refractivity contribution in [2.24, 2.45) is 0 Å². The first-order chi connectivity index (χ1) is 22.0. The summed E-state index contributed by atoms with van der Waals surface area (Å²) in [5.74, 6) is 0. The highest BCUT2D eigenvalue weighted by molar-refractivity contribution is 9.11. The fourth-order valence-corrected chi connectivity index (χ4v) is 8.72. The second-order valence-electron chi connectivity index (χ2n) is 12.9.